The van der Waals surface area contributed by atoms with Gasteiger partial charge < -0.3 is 19.7 Å². The Kier molecular flexibility index (Phi) is 6.25. The molecule has 3 atom stereocenters. The van der Waals surface area contributed by atoms with Gasteiger partial charge in [0.05, 0.1) is 17.9 Å². The molecule has 1 saturated heterocycles. The number of nitrogens with one attached hydrogen (secondary N) is 1. The van der Waals surface area contributed by atoms with Crippen molar-refractivity contribution in [1.29, 1.82) is 0 Å². The summed E-state index contributed by atoms with van der Waals surface area (Å²) >= 11 is 0. The lowest BCUT2D eigenvalue weighted by Gasteiger charge is -2.60. The molecule has 5 aliphatic rings. The van der Waals surface area contributed by atoms with E-state index in [4.69, 9.17) is 9.47 Å². The van der Waals surface area contributed by atoms with Crippen molar-refractivity contribution in [3.63, 3.8) is 0 Å². The van der Waals surface area contributed by atoms with E-state index in [1.807, 2.05) is 0 Å². The van der Waals surface area contributed by atoms with Crippen LogP contribution in [-0.4, -0.2) is 60.0 Å². The number of nitrogens with zero attached hydrogens (tertiary/aromatic N) is 1. The van der Waals surface area contributed by atoms with Crippen molar-refractivity contribution in [2.45, 2.75) is 83.8 Å². The van der Waals surface area contributed by atoms with Crippen LogP contribution in [0.1, 0.15) is 72.1 Å². The molecule has 32 heavy (non-hydrogen) atoms. The van der Waals surface area contributed by atoms with Crippen LogP contribution in [0.25, 0.3) is 0 Å². The van der Waals surface area contributed by atoms with E-state index in [0.29, 0.717) is 50.8 Å². The fraction of sp³-hybridized carbons (Fsp3) is 0.833. The molecule has 1 N–H and O–H groups in total. The molecule has 8 heteroatoms. The van der Waals surface area contributed by atoms with Gasteiger partial charge in [-0.05, 0) is 77.0 Å². The third kappa shape index (κ3) is 4.37. The monoisotopic (exact) mass is 448 g/mol. The second-order valence-corrected chi connectivity index (χ2v) is 10.6. The normalized spacial score (nSPS) is 34.7. The number of carbonyl (C=O) groups excluding carboxylic acids is 4. The number of esters is 2. The first-order valence-corrected chi connectivity index (χ1v) is 12.1. The first-order chi connectivity index (χ1) is 15.2. The van der Waals surface area contributed by atoms with Crippen molar-refractivity contribution in [1.82, 2.24) is 10.2 Å². The number of rotatable bonds is 6. The van der Waals surface area contributed by atoms with E-state index >= 15 is 0 Å². The number of hydrogen-bond donors (Lipinski definition) is 1. The smallest absolute Gasteiger partial charge is 0.312 e. The summed E-state index contributed by atoms with van der Waals surface area (Å²) in [5.41, 5.74) is -0.908. The predicted octanol–water partition coefficient (Wildman–Crippen LogP) is 2.19. The molecule has 4 aliphatic carbocycles. The van der Waals surface area contributed by atoms with Crippen LogP contribution in [0.15, 0.2) is 0 Å². The lowest BCUT2D eigenvalue weighted by atomic mass is 9.47. The number of likely N-dealkylation sites (tertiary alicyclic amines) is 1. The van der Waals surface area contributed by atoms with Gasteiger partial charge in [0.2, 0.25) is 5.91 Å². The van der Waals surface area contributed by atoms with Crippen LogP contribution < -0.4 is 5.32 Å². The van der Waals surface area contributed by atoms with E-state index in [2.05, 4.69) is 5.32 Å². The molecular weight excluding hydrogens is 412 g/mol. The van der Waals surface area contributed by atoms with Gasteiger partial charge in [0.1, 0.15) is 0 Å². The SMILES string of the molecule is CCOC(=O)C1CCN(C(=O)C(C)OC(=O)C23CC4CC(CC(NC(C)=O)(C4)C2)C3)CC1. The van der Waals surface area contributed by atoms with Gasteiger partial charge in [0.15, 0.2) is 6.10 Å². The molecule has 0 spiro atoms. The highest BCUT2D eigenvalue weighted by molar-refractivity contribution is 5.86. The fourth-order valence-electron chi connectivity index (χ4n) is 7.21. The summed E-state index contributed by atoms with van der Waals surface area (Å²) in [4.78, 5) is 51.8. The third-order valence-electron chi connectivity index (χ3n) is 7.99. The molecule has 0 aromatic carbocycles. The zero-order valence-electron chi connectivity index (χ0n) is 19.5. The van der Waals surface area contributed by atoms with Crippen LogP contribution in [0.3, 0.4) is 0 Å². The maximum Gasteiger partial charge on any atom is 0.312 e. The van der Waals surface area contributed by atoms with Crippen molar-refractivity contribution in [3.8, 4) is 0 Å². The predicted molar refractivity (Wildman–Crippen MR) is 115 cm³/mol. The largest absolute Gasteiger partial charge is 0.466 e. The van der Waals surface area contributed by atoms with Crippen molar-refractivity contribution >= 4 is 23.8 Å². The van der Waals surface area contributed by atoms with Crippen LogP contribution in [0, 0.1) is 23.2 Å². The Hall–Kier alpha value is -2.12. The van der Waals surface area contributed by atoms with Crippen molar-refractivity contribution in [2.75, 3.05) is 19.7 Å². The van der Waals surface area contributed by atoms with Crippen LogP contribution in [0.4, 0.5) is 0 Å². The lowest BCUT2D eigenvalue weighted by Crippen LogP contribution is -2.65. The van der Waals surface area contributed by atoms with Gasteiger partial charge in [-0.1, -0.05) is 0 Å². The first kappa shape index (κ1) is 23.1. The highest BCUT2D eigenvalue weighted by atomic mass is 16.5. The molecule has 0 aromatic heterocycles. The molecule has 5 fully saturated rings. The average Bonchev–Trinajstić information content (AvgIpc) is 2.71. The first-order valence-electron chi connectivity index (χ1n) is 12.1. The maximum atomic E-state index is 13.4. The molecule has 2 amide bonds. The van der Waals surface area contributed by atoms with E-state index in [1.54, 1.807) is 18.7 Å². The minimum atomic E-state index is -0.855. The van der Waals surface area contributed by atoms with Crippen LogP contribution in [0.2, 0.25) is 0 Å². The highest BCUT2D eigenvalue weighted by Gasteiger charge is 2.61. The fourth-order valence-corrected chi connectivity index (χ4v) is 7.21. The Labute approximate surface area is 189 Å². The summed E-state index contributed by atoms with van der Waals surface area (Å²) in [7, 11) is 0. The van der Waals surface area contributed by atoms with E-state index < -0.39 is 11.5 Å². The third-order valence-corrected chi connectivity index (χ3v) is 7.99. The summed E-state index contributed by atoms with van der Waals surface area (Å²) in [5, 5.41) is 3.16. The van der Waals surface area contributed by atoms with E-state index in [1.165, 1.54) is 6.92 Å². The number of ether oxygens (including phenoxy) is 2. The maximum absolute atomic E-state index is 13.4. The second kappa shape index (κ2) is 8.67. The van der Waals surface area contributed by atoms with Gasteiger partial charge in [-0.15, -0.1) is 0 Å². The standard InChI is InChI=1S/C24H36N2O6/c1-4-31-21(29)19-5-7-26(8-6-19)20(28)15(2)32-22(30)23-10-17-9-18(11-23)13-24(12-17,14-23)25-16(3)27/h15,17-19H,4-14H2,1-3H3,(H,25,27). The minimum Gasteiger partial charge on any atom is -0.466 e. The zero-order valence-corrected chi connectivity index (χ0v) is 19.5. The summed E-state index contributed by atoms with van der Waals surface area (Å²) in [5.74, 6) is -0.0780. The highest BCUT2D eigenvalue weighted by Crippen LogP contribution is 2.62. The summed E-state index contributed by atoms with van der Waals surface area (Å²) in [6, 6.07) is 0. The Bertz CT molecular complexity index is 773. The van der Waals surface area contributed by atoms with Gasteiger partial charge in [-0.2, -0.15) is 0 Å². The van der Waals surface area contributed by atoms with Gasteiger partial charge in [-0.25, -0.2) is 0 Å². The van der Waals surface area contributed by atoms with Crippen LogP contribution >= 0.6 is 0 Å². The Morgan fingerprint density at radius 3 is 2.25 bits per heavy atom. The molecule has 3 unspecified atom stereocenters. The molecule has 4 saturated carbocycles. The topological polar surface area (TPSA) is 102 Å². The second-order valence-electron chi connectivity index (χ2n) is 10.6. The molecule has 178 valence electrons. The number of carbonyl (C=O) groups is 4. The molecule has 0 aromatic rings. The van der Waals surface area contributed by atoms with Crippen molar-refractivity contribution in [3.05, 3.63) is 0 Å². The van der Waals surface area contributed by atoms with Crippen LogP contribution in [-0.2, 0) is 28.7 Å². The minimum absolute atomic E-state index is 0.0507. The van der Waals surface area contributed by atoms with E-state index in [0.717, 1.165) is 32.1 Å². The molecule has 1 aliphatic heterocycles. The Balaban J connectivity index is 1.36. The summed E-state index contributed by atoms with van der Waals surface area (Å²) < 4.78 is 10.9. The summed E-state index contributed by atoms with van der Waals surface area (Å²) in [6.45, 7) is 6.25. The van der Waals surface area contributed by atoms with Gasteiger partial charge in [0.25, 0.3) is 5.91 Å². The average molecular weight is 449 g/mol. The quantitative estimate of drug-likeness (QED) is 0.625. The van der Waals surface area contributed by atoms with Crippen molar-refractivity contribution < 1.29 is 28.7 Å². The van der Waals surface area contributed by atoms with Gasteiger partial charge >= 0.3 is 11.9 Å². The molecule has 5 rings (SSSR count). The molecular formula is C24H36N2O6. The number of hydrogen-bond acceptors (Lipinski definition) is 6. The van der Waals surface area contributed by atoms with E-state index in [-0.39, 0.29) is 35.2 Å². The van der Waals surface area contributed by atoms with Gasteiger partial charge in [0, 0.05) is 25.6 Å². The lowest BCUT2D eigenvalue weighted by molar-refractivity contribution is -0.184. The molecule has 0 radical (unpaired) electrons. The Morgan fingerprint density at radius 1 is 1.06 bits per heavy atom. The Morgan fingerprint density at radius 2 is 1.69 bits per heavy atom. The van der Waals surface area contributed by atoms with Gasteiger partial charge in [-0.3, -0.25) is 19.2 Å². The van der Waals surface area contributed by atoms with E-state index in [9.17, 15) is 19.2 Å². The number of amides is 2. The molecule has 4 bridgehead atoms. The van der Waals surface area contributed by atoms with Crippen molar-refractivity contribution in [2.24, 2.45) is 23.2 Å². The molecule has 1 heterocycles. The zero-order chi connectivity index (χ0) is 23.1. The van der Waals surface area contributed by atoms with Crippen LogP contribution in [0.5, 0.6) is 0 Å². The summed E-state index contributed by atoms with van der Waals surface area (Å²) in [6.07, 6.45) is 5.44. The molecule has 8 nitrogen and oxygen atoms in total. The number of piperidine rings is 1.